The predicted octanol–water partition coefficient (Wildman–Crippen LogP) is 0.776. The molecule has 2 heterocycles. The summed E-state index contributed by atoms with van der Waals surface area (Å²) in [6, 6.07) is 3.50. The molecule has 6 heteroatoms. The molecule has 17 heavy (non-hydrogen) atoms. The van der Waals surface area contributed by atoms with E-state index in [9.17, 15) is 4.79 Å². The van der Waals surface area contributed by atoms with Crippen molar-refractivity contribution in [2.75, 3.05) is 12.4 Å². The monoisotopic (exact) mass is 231 g/mol. The zero-order valence-electron chi connectivity index (χ0n) is 9.40. The van der Waals surface area contributed by atoms with Crippen LogP contribution in [0.15, 0.2) is 30.7 Å². The highest BCUT2D eigenvalue weighted by atomic mass is 16.1. The Balaban J connectivity index is 1.99. The third-order valence-electron chi connectivity index (χ3n) is 2.29. The van der Waals surface area contributed by atoms with E-state index in [0.717, 1.165) is 11.3 Å². The maximum atomic E-state index is 11.8. The molecule has 0 radical (unpaired) electrons. The van der Waals surface area contributed by atoms with Gasteiger partial charge in [-0.25, -0.2) is 0 Å². The summed E-state index contributed by atoms with van der Waals surface area (Å²) in [5, 5.41) is 12.2. The molecule has 1 amide bonds. The molecule has 0 fully saturated rings. The lowest BCUT2D eigenvalue weighted by Gasteiger charge is -2.04. The Bertz CT molecular complexity index is 494. The first-order valence-corrected chi connectivity index (χ1v) is 5.19. The molecule has 0 spiro atoms. The third-order valence-corrected chi connectivity index (χ3v) is 2.29. The maximum Gasteiger partial charge on any atom is 0.270 e. The number of hydrogen-bond donors (Lipinski definition) is 3. The summed E-state index contributed by atoms with van der Waals surface area (Å²) in [5.74, 6) is -0.205. The zero-order valence-corrected chi connectivity index (χ0v) is 9.40. The van der Waals surface area contributed by atoms with Crippen molar-refractivity contribution in [3.63, 3.8) is 0 Å². The molecule has 0 aliphatic carbocycles. The molecule has 0 unspecified atom stereocenters. The Morgan fingerprint density at radius 2 is 2.41 bits per heavy atom. The SMILES string of the molecule is CNc1ccnc(C(=O)NCc2cn[nH]c2)c1. The smallest absolute Gasteiger partial charge is 0.270 e. The molecule has 0 aromatic carbocycles. The Morgan fingerprint density at radius 3 is 3.12 bits per heavy atom. The number of H-pyrrole nitrogens is 1. The van der Waals surface area contributed by atoms with Crippen molar-refractivity contribution in [3.8, 4) is 0 Å². The van der Waals surface area contributed by atoms with Gasteiger partial charge in [0, 0.05) is 37.2 Å². The number of carbonyl (C=O) groups is 1. The van der Waals surface area contributed by atoms with Crippen LogP contribution in [0.3, 0.4) is 0 Å². The summed E-state index contributed by atoms with van der Waals surface area (Å²) in [5.41, 5.74) is 2.16. The number of carbonyl (C=O) groups excluding carboxylic acids is 1. The summed E-state index contributed by atoms with van der Waals surface area (Å²) < 4.78 is 0. The number of rotatable bonds is 4. The minimum atomic E-state index is -0.205. The van der Waals surface area contributed by atoms with E-state index in [-0.39, 0.29) is 5.91 Å². The van der Waals surface area contributed by atoms with Crippen molar-refractivity contribution in [2.45, 2.75) is 6.54 Å². The number of nitrogens with one attached hydrogen (secondary N) is 3. The standard InChI is InChI=1S/C11H13N5O/c1-12-9-2-3-13-10(4-9)11(17)14-5-8-6-15-16-7-8/h2-4,6-7H,5H2,1H3,(H,12,13)(H,14,17)(H,15,16). The van der Waals surface area contributed by atoms with Gasteiger partial charge in [0.25, 0.3) is 5.91 Å². The maximum absolute atomic E-state index is 11.8. The van der Waals surface area contributed by atoms with Crippen molar-refractivity contribution in [2.24, 2.45) is 0 Å². The van der Waals surface area contributed by atoms with Gasteiger partial charge in [0.05, 0.1) is 6.20 Å². The van der Waals surface area contributed by atoms with Crippen molar-refractivity contribution >= 4 is 11.6 Å². The van der Waals surface area contributed by atoms with Crippen LogP contribution in [-0.2, 0) is 6.54 Å². The zero-order chi connectivity index (χ0) is 12.1. The van der Waals surface area contributed by atoms with Crippen molar-refractivity contribution in [3.05, 3.63) is 42.0 Å². The molecular weight excluding hydrogens is 218 g/mol. The third kappa shape index (κ3) is 2.81. The quantitative estimate of drug-likeness (QED) is 0.726. The molecule has 6 nitrogen and oxygen atoms in total. The summed E-state index contributed by atoms with van der Waals surface area (Å²) in [6.45, 7) is 0.431. The van der Waals surface area contributed by atoms with E-state index in [0.29, 0.717) is 12.2 Å². The number of amides is 1. The number of hydrogen-bond acceptors (Lipinski definition) is 4. The van der Waals surface area contributed by atoms with Gasteiger partial charge < -0.3 is 10.6 Å². The van der Waals surface area contributed by atoms with E-state index in [1.165, 1.54) is 0 Å². The molecule has 0 bridgehead atoms. The molecule has 0 saturated heterocycles. The van der Waals surface area contributed by atoms with Crippen LogP contribution in [0.1, 0.15) is 16.1 Å². The van der Waals surface area contributed by atoms with E-state index in [2.05, 4.69) is 25.8 Å². The molecule has 0 aliphatic heterocycles. The van der Waals surface area contributed by atoms with E-state index in [4.69, 9.17) is 0 Å². The van der Waals surface area contributed by atoms with Gasteiger partial charge >= 0.3 is 0 Å². The Hall–Kier alpha value is -2.37. The molecule has 0 saturated carbocycles. The molecule has 2 rings (SSSR count). The van der Waals surface area contributed by atoms with Gasteiger partial charge in [0.1, 0.15) is 5.69 Å². The Labute approximate surface area is 98.5 Å². The summed E-state index contributed by atoms with van der Waals surface area (Å²) in [7, 11) is 1.79. The van der Waals surface area contributed by atoms with Crippen LogP contribution in [0, 0.1) is 0 Å². The molecule has 88 valence electrons. The van der Waals surface area contributed by atoms with Gasteiger partial charge in [0.2, 0.25) is 0 Å². The lowest BCUT2D eigenvalue weighted by molar-refractivity contribution is 0.0946. The average molecular weight is 231 g/mol. The molecule has 3 N–H and O–H groups in total. The summed E-state index contributed by atoms with van der Waals surface area (Å²) >= 11 is 0. The van der Waals surface area contributed by atoms with E-state index in [1.54, 1.807) is 37.8 Å². The Morgan fingerprint density at radius 1 is 1.53 bits per heavy atom. The second-order valence-corrected chi connectivity index (χ2v) is 3.47. The number of anilines is 1. The largest absolute Gasteiger partial charge is 0.388 e. The van der Waals surface area contributed by atoms with Gasteiger partial charge in [-0.1, -0.05) is 0 Å². The minimum Gasteiger partial charge on any atom is -0.388 e. The van der Waals surface area contributed by atoms with Crippen LogP contribution in [-0.4, -0.2) is 28.1 Å². The lowest BCUT2D eigenvalue weighted by atomic mass is 10.3. The first-order chi connectivity index (χ1) is 8.29. The van der Waals surface area contributed by atoms with Crippen LogP contribution in [0.5, 0.6) is 0 Å². The topological polar surface area (TPSA) is 82.7 Å². The minimum absolute atomic E-state index is 0.205. The van der Waals surface area contributed by atoms with Crippen LogP contribution in [0.2, 0.25) is 0 Å². The first kappa shape index (κ1) is 11.1. The molecule has 2 aromatic heterocycles. The first-order valence-electron chi connectivity index (χ1n) is 5.19. The van der Waals surface area contributed by atoms with Gasteiger partial charge in [-0.2, -0.15) is 5.10 Å². The van der Waals surface area contributed by atoms with Crippen LogP contribution >= 0.6 is 0 Å². The highest BCUT2D eigenvalue weighted by molar-refractivity contribution is 5.93. The number of nitrogens with zero attached hydrogens (tertiary/aromatic N) is 2. The number of aromatic amines is 1. The normalized spacial score (nSPS) is 9.94. The van der Waals surface area contributed by atoms with Gasteiger partial charge in [-0.05, 0) is 12.1 Å². The van der Waals surface area contributed by atoms with Gasteiger partial charge in [-0.15, -0.1) is 0 Å². The highest BCUT2D eigenvalue weighted by Crippen LogP contribution is 2.06. The van der Waals surface area contributed by atoms with E-state index < -0.39 is 0 Å². The van der Waals surface area contributed by atoms with Crippen LogP contribution < -0.4 is 10.6 Å². The van der Waals surface area contributed by atoms with Crippen LogP contribution in [0.4, 0.5) is 5.69 Å². The van der Waals surface area contributed by atoms with E-state index in [1.807, 2.05) is 0 Å². The van der Waals surface area contributed by atoms with Gasteiger partial charge in [0.15, 0.2) is 0 Å². The summed E-state index contributed by atoms with van der Waals surface area (Å²) in [4.78, 5) is 15.8. The number of pyridine rings is 1. The fourth-order valence-electron chi connectivity index (χ4n) is 1.36. The molecule has 2 aromatic rings. The van der Waals surface area contributed by atoms with Gasteiger partial charge in [-0.3, -0.25) is 14.9 Å². The summed E-state index contributed by atoms with van der Waals surface area (Å²) in [6.07, 6.45) is 4.99. The van der Waals surface area contributed by atoms with Crippen molar-refractivity contribution in [1.82, 2.24) is 20.5 Å². The predicted molar refractivity (Wildman–Crippen MR) is 63.5 cm³/mol. The molecular formula is C11H13N5O. The lowest BCUT2D eigenvalue weighted by Crippen LogP contribution is -2.23. The highest BCUT2D eigenvalue weighted by Gasteiger charge is 2.07. The van der Waals surface area contributed by atoms with E-state index >= 15 is 0 Å². The van der Waals surface area contributed by atoms with Crippen molar-refractivity contribution in [1.29, 1.82) is 0 Å². The molecule has 0 aliphatic rings. The van der Waals surface area contributed by atoms with Crippen LogP contribution in [0.25, 0.3) is 0 Å². The van der Waals surface area contributed by atoms with Crippen molar-refractivity contribution < 1.29 is 4.79 Å². The molecule has 0 atom stereocenters. The fraction of sp³-hybridized carbons (Fsp3) is 0.182. The fourth-order valence-corrected chi connectivity index (χ4v) is 1.36. The Kier molecular flexibility index (Phi) is 3.34. The second kappa shape index (κ2) is 5.11. The average Bonchev–Trinajstić information content (AvgIpc) is 2.89. The number of aromatic nitrogens is 3. The second-order valence-electron chi connectivity index (χ2n) is 3.47.